The van der Waals surface area contributed by atoms with Crippen LogP contribution >= 0.6 is 0 Å². The summed E-state index contributed by atoms with van der Waals surface area (Å²) in [5.74, 6) is -6.06. The number of carbonyl (C=O) groups is 4. The van der Waals surface area contributed by atoms with Crippen LogP contribution in [-0.4, -0.2) is 55.4 Å². The first-order valence-electron chi connectivity index (χ1n) is 5.37. The monoisotopic (exact) mass is 360 g/mol. The van der Waals surface area contributed by atoms with Crippen LogP contribution < -0.4 is 36.1 Å². The number of aliphatic carboxylic acids is 4. The summed E-state index contributed by atoms with van der Waals surface area (Å²) in [5, 5.41) is 35.1. The Morgan fingerprint density at radius 2 is 0.667 bits per heavy atom. The second kappa shape index (κ2) is 12.1. The van der Waals surface area contributed by atoms with Gasteiger partial charge in [0.2, 0.25) is 0 Å². The molecule has 146 valence electrons. The highest BCUT2D eigenvalue weighted by Crippen LogP contribution is 2.31. The maximum atomic E-state index is 10.8. The van der Waals surface area contributed by atoms with Gasteiger partial charge in [-0.05, 0) is 0 Å². The minimum Gasteiger partial charge on any atom is -0.481 e. The van der Waals surface area contributed by atoms with Crippen LogP contribution in [0.5, 0.6) is 0 Å². The molecule has 0 aromatic carbocycles. The molecule has 0 rings (SSSR count). The Labute approximate surface area is 137 Å². The van der Waals surface area contributed by atoms with Crippen LogP contribution in [-0.2, 0) is 19.2 Å². The number of hydrogen-bond acceptors (Lipinski definition) is 10. The fraction of sp³-hybridized carbons (Fsp3) is 0.600. The molecule has 0 saturated heterocycles. The van der Waals surface area contributed by atoms with Gasteiger partial charge in [0.25, 0.3) is 0 Å². The van der Waals surface area contributed by atoms with Crippen molar-refractivity contribution >= 4 is 23.9 Å². The van der Waals surface area contributed by atoms with Gasteiger partial charge < -0.3 is 56.5 Å². The molecule has 0 aliphatic heterocycles. The van der Waals surface area contributed by atoms with Crippen molar-refractivity contribution in [2.24, 2.45) is 11.5 Å². The molecule has 0 aliphatic carbocycles. The predicted molar refractivity (Wildman–Crippen MR) is 82.9 cm³/mol. The summed E-state index contributed by atoms with van der Waals surface area (Å²) in [7, 11) is 0. The summed E-state index contributed by atoms with van der Waals surface area (Å²) in [6.07, 6.45) is -3.90. The first-order chi connectivity index (χ1) is 8.92. The van der Waals surface area contributed by atoms with Crippen molar-refractivity contribution in [3.05, 3.63) is 0 Å². The van der Waals surface area contributed by atoms with Crippen LogP contribution in [0.2, 0.25) is 0 Å². The molecule has 0 amide bonds. The summed E-state index contributed by atoms with van der Waals surface area (Å²) >= 11 is 0. The van der Waals surface area contributed by atoms with Gasteiger partial charge in [-0.25, -0.2) is 0 Å². The molecule has 0 spiro atoms. The molecule has 20 N–H and O–H groups in total. The van der Waals surface area contributed by atoms with E-state index in [2.05, 4.69) is 0 Å². The van der Waals surface area contributed by atoms with Gasteiger partial charge in [0, 0.05) is 0 Å². The van der Waals surface area contributed by atoms with Gasteiger partial charge in [-0.1, -0.05) is 0 Å². The standard InChI is InChI=1S/C10H16N2O8.4H3N/c11-9(1-5(13)14,2-6(15)16)10(12,3-7(17)18)4-8(19)20;;;;/h1-4,11-12H2,(H,13,14)(H,15,16)(H,17,18)(H,19,20);4*1H3. The number of carboxylic acid groups (broad SMARTS) is 4. The van der Waals surface area contributed by atoms with Crippen molar-refractivity contribution < 1.29 is 39.6 Å². The van der Waals surface area contributed by atoms with Gasteiger partial charge in [0.05, 0.1) is 36.8 Å². The number of carboxylic acids is 4. The Morgan fingerprint density at radius 1 is 0.542 bits per heavy atom. The summed E-state index contributed by atoms with van der Waals surface area (Å²) in [6.45, 7) is 0. The van der Waals surface area contributed by atoms with Crippen LogP contribution in [0.3, 0.4) is 0 Å². The number of hydrogen-bond donors (Lipinski definition) is 10. The van der Waals surface area contributed by atoms with Gasteiger partial charge in [0.1, 0.15) is 0 Å². The van der Waals surface area contributed by atoms with E-state index in [-0.39, 0.29) is 24.6 Å². The number of nitrogens with two attached hydrogens (primary N) is 2. The van der Waals surface area contributed by atoms with Crippen molar-refractivity contribution in [2.75, 3.05) is 0 Å². The highest BCUT2D eigenvalue weighted by atomic mass is 16.4. The molecule has 0 heterocycles. The van der Waals surface area contributed by atoms with Crippen molar-refractivity contribution in [1.29, 1.82) is 0 Å². The Kier molecular flexibility index (Phi) is 16.8. The maximum Gasteiger partial charge on any atom is 0.305 e. The second-order valence-electron chi connectivity index (χ2n) is 4.59. The lowest BCUT2D eigenvalue weighted by atomic mass is 9.69. The van der Waals surface area contributed by atoms with E-state index in [9.17, 15) is 19.2 Å². The molecular formula is C10H28N6O8. The van der Waals surface area contributed by atoms with E-state index in [1.165, 1.54) is 0 Å². The lowest BCUT2D eigenvalue weighted by Crippen LogP contribution is -2.68. The zero-order valence-electron chi connectivity index (χ0n) is 13.2. The molecule has 0 aliphatic rings. The molecule has 0 unspecified atom stereocenters. The third kappa shape index (κ3) is 9.62. The Morgan fingerprint density at radius 3 is 0.750 bits per heavy atom. The molecule has 0 fully saturated rings. The van der Waals surface area contributed by atoms with Crippen molar-refractivity contribution in [1.82, 2.24) is 24.6 Å². The fourth-order valence-corrected chi connectivity index (χ4v) is 1.91. The van der Waals surface area contributed by atoms with Crippen LogP contribution in [0.15, 0.2) is 0 Å². The smallest absolute Gasteiger partial charge is 0.305 e. The lowest BCUT2D eigenvalue weighted by molar-refractivity contribution is -0.150. The average molecular weight is 360 g/mol. The van der Waals surface area contributed by atoms with Crippen LogP contribution in [0.25, 0.3) is 0 Å². The van der Waals surface area contributed by atoms with Crippen LogP contribution in [0, 0.1) is 0 Å². The number of rotatable bonds is 9. The molecule has 0 saturated carbocycles. The van der Waals surface area contributed by atoms with E-state index in [1.807, 2.05) is 0 Å². The third-order valence-electron chi connectivity index (χ3n) is 2.86. The molecule has 0 atom stereocenters. The van der Waals surface area contributed by atoms with E-state index in [4.69, 9.17) is 31.9 Å². The topological polar surface area (TPSA) is 341 Å². The van der Waals surface area contributed by atoms with Crippen LogP contribution in [0.1, 0.15) is 25.7 Å². The van der Waals surface area contributed by atoms with E-state index in [0.717, 1.165) is 0 Å². The summed E-state index contributed by atoms with van der Waals surface area (Å²) < 4.78 is 0. The quantitative estimate of drug-likeness (QED) is 0.234. The minimum absolute atomic E-state index is 0. The van der Waals surface area contributed by atoms with Crippen molar-refractivity contribution in [3.8, 4) is 0 Å². The SMILES string of the molecule is N.N.N.N.NC(CC(=O)O)(CC(=O)O)C(N)(CC(=O)O)CC(=O)O. The largest absolute Gasteiger partial charge is 0.481 e. The van der Waals surface area contributed by atoms with E-state index in [0.29, 0.717) is 0 Å². The zero-order valence-corrected chi connectivity index (χ0v) is 13.2. The molecule has 24 heavy (non-hydrogen) atoms. The maximum absolute atomic E-state index is 10.8. The lowest BCUT2D eigenvalue weighted by Gasteiger charge is -2.42. The Bertz CT molecular complexity index is 371. The first-order valence-corrected chi connectivity index (χ1v) is 5.37. The molecule has 14 nitrogen and oxygen atoms in total. The third-order valence-corrected chi connectivity index (χ3v) is 2.86. The Hall–Kier alpha value is -2.36. The minimum atomic E-state index is -2.22. The van der Waals surface area contributed by atoms with Gasteiger partial charge in [-0.3, -0.25) is 19.2 Å². The second-order valence-corrected chi connectivity index (χ2v) is 4.59. The summed E-state index contributed by atoms with van der Waals surface area (Å²) in [6, 6.07) is 0. The normalized spacial score (nSPS) is 9.92. The van der Waals surface area contributed by atoms with E-state index in [1.54, 1.807) is 0 Å². The van der Waals surface area contributed by atoms with E-state index >= 15 is 0 Å². The van der Waals surface area contributed by atoms with Gasteiger partial charge in [-0.2, -0.15) is 0 Å². The van der Waals surface area contributed by atoms with Gasteiger partial charge in [-0.15, -0.1) is 0 Å². The first kappa shape index (κ1) is 33.3. The van der Waals surface area contributed by atoms with Crippen LogP contribution in [0.4, 0.5) is 0 Å². The van der Waals surface area contributed by atoms with Crippen molar-refractivity contribution in [2.45, 2.75) is 36.8 Å². The molecular weight excluding hydrogens is 332 g/mol. The molecule has 0 bridgehead atoms. The summed E-state index contributed by atoms with van der Waals surface area (Å²) in [4.78, 5) is 43.2. The van der Waals surface area contributed by atoms with Crippen molar-refractivity contribution in [3.63, 3.8) is 0 Å². The van der Waals surface area contributed by atoms with Gasteiger partial charge in [0.15, 0.2) is 0 Å². The molecule has 14 heteroatoms. The highest BCUT2D eigenvalue weighted by Gasteiger charge is 2.51. The average Bonchev–Trinajstić information content (AvgIpc) is 2.10. The molecule has 0 radical (unpaired) electrons. The highest BCUT2D eigenvalue weighted by molar-refractivity contribution is 5.78. The van der Waals surface area contributed by atoms with E-state index < -0.39 is 60.6 Å². The predicted octanol–water partition coefficient (Wildman–Crippen LogP) is -1.07. The van der Waals surface area contributed by atoms with Gasteiger partial charge >= 0.3 is 23.9 Å². The zero-order chi connectivity index (χ0) is 16.1. The Balaban J connectivity index is -0.000000301. The fourth-order valence-electron chi connectivity index (χ4n) is 1.91. The molecule has 0 aromatic rings. The molecule has 0 aromatic heterocycles. The summed E-state index contributed by atoms with van der Waals surface area (Å²) in [5.41, 5.74) is 6.88.